The Kier molecular flexibility index (Phi) is 5.41. The average molecular weight is 320 g/mol. The molecule has 2 unspecified atom stereocenters. The minimum absolute atomic E-state index is 3.09. The van der Waals surface area contributed by atoms with E-state index in [-0.39, 0.29) is 0 Å². The highest BCUT2D eigenvalue weighted by Gasteiger charge is 2.41. The first kappa shape index (κ1) is 16.3. The van der Waals surface area contributed by atoms with Gasteiger partial charge in [0.15, 0.2) is 0 Å². The maximum Gasteiger partial charge on any atom is 0.493 e. The molecule has 0 amide bonds. The largest absolute Gasteiger partial charge is 0.493 e. The van der Waals surface area contributed by atoms with Crippen molar-refractivity contribution >= 4 is 31.4 Å². The first-order valence-corrected chi connectivity index (χ1v) is 8.42. The maximum absolute atomic E-state index is 10.6. The number of hydrogen-bond acceptors (Lipinski definition) is 8. The fourth-order valence-corrected chi connectivity index (χ4v) is 3.95. The molecular formula is H4O12P4. The molecule has 0 saturated carbocycles. The van der Waals surface area contributed by atoms with E-state index in [1.54, 1.807) is 0 Å². The summed E-state index contributed by atoms with van der Waals surface area (Å²) in [5, 5.41) is 0. The van der Waals surface area contributed by atoms with Crippen LogP contribution in [0.15, 0.2) is 0 Å². The Labute approximate surface area is 87.5 Å². The van der Waals surface area contributed by atoms with Gasteiger partial charge >= 0.3 is 31.4 Å². The van der Waals surface area contributed by atoms with E-state index in [1.807, 2.05) is 0 Å². The molecule has 16 heavy (non-hydrogen) atoms. The summed E-state index contributed by atoms with van der Waals surface area (Å²) in [5.41, 5.74) is 0. The van der Waals surface area contributed by atoms with Crippen molar-refractivity contribution in [1.82, 2.24) is 0 Å². The van der Waals surface area contributed by atoms with Crippen molar-refractivity contribution in [1.29, 1.82) is 0 Å². The molecule has 0 rings (SSSR count). The molecule has 4 N–H and O–H groups in total. The Bertz CT molecular complexity index is 438. The zero-order chi connectivity index (χ0) is 13.2. The highest BCUT2D eigenvalue weighted by molar-refractivity contribution is 7.67. The predicted octanol–water partition coefficient (Wildman–Crippen LogP) is 0.418. The van der Waals surface area contributed by atoms with Gasteiger partial charge in [0.1, 0.15) is 0 Å². The third-order valence-corrected chi connectivity index (χ3v) is 5.27. The summed E-state index contributed by atoms with van der Waals surface area (Å²) in [6.07, 6.45) is 0. The number of phosphoric acid groups is 3. The standard InChI is InChI=1S/H4O12P4/c1-13(2)10-15(6,7)12-16(8,9)11-14(3,4)5/h(H,6,7)(H,8,9)(H2,3,4,5). The Morgan fingerprint density at radius 1 is 0.812 bits per heavy atom. The fraction of sp³-hybridized carbons (Fsp3) is 0. The van der Waals surface area contributed by atoms with Crippen LogP contribution in [-0.4, -0.2) is 19.6 Å². The quantitative estimate of drug-likeness (QED) is 0.493. The highest BCUT2D eigenvalue weighted by Crippen LogP contribution is 2.67. The van der Waals surface area contributed by atoms with Gasteiger partial charge < -0.3 is 19.6 Å². The zero-order valence-corrected chi connectivity index (χ0v) is 10.4. The van der Waals surface area contributed by atoms with Crippen LogP contribution < -0.4 is 0 Å². The molecule has 0 fully saturated rings. The maximum atomic E-state index is 10.6. The minimum Gasteiger partial charge on any atom is -0.302 e. The summed E-state index contributed by atoms with van der Waals surface area (Å²) >= 11 is 0. The lowest BCUT2D eigenvalue weighted by atomic mass is 15.7. The monoisotopic (exact) mass is 320 g/mol. The first-order valence-electron chi connectivity index (χ1n) is 2.81. The molecule has 0 radical (unpaired) electrons. The second-order valence-electron chi connectivity index (χ2n) is 1.90. The van der Waals surface area contributed by atoms with Crippen LogP contribution >= 0.6 is 31.4 Å². The van der Waals surface area contributed by atoms with Gasteiger partial charge in [-0.15, -0.1) is 0 Å². The molecule has 0 spiro atoms. The summed E-state index contributed by atoms with van der Waals surface area (Å²) in [6, 6.07) is 0. The van der Waals surface area contributed by atoms with E-state index in [2.05, 4.69) is 12.9 Å². The summed E-state index contributed by atoms with van der Waals surface area (Å²) in [4.78, 5) is 33.1. The van der Waals surface area contributed by atoms with Crippen LogP contribution in [0, 0.1) is 0 Å². The summed E-state index contributed by atoms with van der Waals surface area (Å²) in [7, 11) is -20.6. The third kappa shape index (κ3) is 8.46. The van der Waals surface area contributed by atoms with Gasteiger partial charge in [0.2, 0.25) is 0 Å². The lowest BCUT2D eigenvalue weighted by Gasteiger charge is -2.13. The Balaban J connectivity index is 4.78. The molecule has 0 aromatic carbocycles. The molecule has 96 valence electrons. The smallest absolute Gasteiger partial charge is 0.302 e. The van der Waals surface area contributed by atoms with Crippen molar-refractivity contribution in [2.24, 2.45) is 0 Å². The number of rotatable bonds is 6. The van der Waals surface area contributed by atoms with E-state index in [9.17, 15) is 22.8 Å². The van der Waals surface area contributed by atoms with Gasteiger partial charge in [-0.2, -0.15) is 12.9 Å². The normalized spacial score (nSPS) is 19.8. The topological polar surface area (TPSA) is 194 Å². The molecule has 0 bridgehead atoms. The molecule has 0 aromatic heterocycles. The lowest BCUT2D eigenvalue weighted by molar-refractivity contribution is 0.207. The van der Waals surface area contributed by atoms with Crippen molar-refractivity contribution < 1.29 is 55.3 Å². The third-order valence-electron chi connectivity index (χ3n) is 0.586. The van der Waals surface area contributed by atoms with Crippen molar-refractivity contribution in [3.8, 4) is 0 Å². The van der Waals surface area contributed by atoms with Crippen LogP contribution in [0.1, 0.15) is 0 Å². The van der Waals surface area contributed by atoms with E-state index >= 15 is 0 Å². The molecule has 2 atom stereocenters. The van der Waals surface area contributed by atoms with Crippen LogP contribution in [0.5, 0.6) is 0 Å². The summed E-state index contributed by atoms with van der Waals surface area (Å²) < 4.78 is 60.4. The Morgan fingerprint density at radius 2 is 1.25 bits per heavy atom. The Morgan fingerprint density at radius 3 is 1.56 bits per heavy atom. The second-order valence-corrected chi connectivity index (χ2v) is 7.16. The highest BCUT2D eigenvalue weighted by atomic mass is 31.3. The molecule has 0 heterocycles. The minimum atomic E-state index is -5.66. The van der Waals surface area contributed by atoms with Crippen molar-refractivity contribution in [2.75, 3.05) is 0 Å². The van der Waals surface area contributed by atoms with Gasteiger partial charge in [0, 0.05) is 0 Å². The van der Waals surface area contributed by atoms with Crippen molar-refractivity contribution in [2.45, 2.75) is 0 Å². The first-order chi connectivity index (χ1) is 6.83. The van der Waals surface area contributed by atoms with Gasteiger partial charge in [0.25, 0.3) is 0 Å². The van der Waals surface area contributed by atoms with Gasteiger partial charge in [-0.05, 0) is 0 Å². The van der Waals surface area contributed by atoms with E-state index in [0.29, 0.717) is 0 Å². The van der Waals surface area contributed by atoms with Crippen LogP contribution in [0.2, 0.25) is 0 Å². The SMILES string of the molecule is O=P(=O)OP(=O)(O)OP(=O)(O)OP(=O)(O)O. The van der Waals surface area contributed by atoms with Crippen LogP contribution in [-0.2, 0) is 35.8 Å². The zero-order valence-electron chi connectivity index (χ0n) is 6.84. The van der Waals surface area contributed by atoms with Crippen LogP contribution in [0.25, 0.3) is 0 Å². The second kappa shape index (κ2) is 5.30. The van der Waals surface area contributed by atoms with Gasteiger partial charge in [-0.25, -0.2) is 22.8 Å². The summed E-state index contributed by atoms with van der Waals surface area (Å²) in [5.74, 6) is 0. The van der Waals surface area contributed by atoms with E-state index in [1.165, 1.54) is 0 Å². The fourth-order valence-electron chi connectivity index (χ4n) is 0.379. The van der Waals surface area contributed by atoms with E-state index < -0.39 is 31.4 Å². The predicted molar refractivity (Wildman–Crippen MR) is 43.2 cm³/mol. The van der Waals surface area contributed by atoms with Crippen molar-refractivity contribution in [3.63, 3.8) is 0 Å². The van der Waals surface area contributed by atoms with E-state index in [0.717, 1.165) is 0 Å². The average Bonchev–Trinajstić information content (AvgIpc) is 1.69. The van der Waals surface area contributed by atoms with Crippen LogP contribution in [0.4, 0.5) is 0 Å². The lowest BCUT2D eigenvalue weighted by Crippen LogP contribution is -1.92. The molecule has 0 aromatic rings. The van der Waals surface area contributed by atoms with Gasteiger partial charge in [-0.1, -0.05) is 0 Å². The van der Waals surface area contributed by atoms with Gasteiger partial charge in [-0.3, -0.25) is 0 Å². The summed E-state index contributed by atoms with van der Waals surface area (Å²) in [6.45, 7) is 0. The van der Waals surface area contributed by atoms with Crippen LogP contribution in [0.3, 0.4) is 0 Å². The number of hydrogen-bond donors (Lipinski definition) is 4. The molecule has 0 aliphatic carbocycles. The molecular weight excluding hydrogens is 316 g/mol. The molecule has 0 aliphatic heterocycles. The molecule has 16 heteroatoms. The molecule has 0 saturated heterocycles. The van der Waals surface area contributed by atoms with E-state index in [4.69, 9.17) is 19.6 Å². The van der Waals surface area contributed by atoms with Gasteiger partial charge in [0.05, 0.1) is 0 Å². The molecule has 12 nitrogen and oxygen atoms in total. The van der Waals surface area contributed by atoms with Crippen molar-refractivity contribution in [3.05, 3.63) is 0 Å². The molecule has 0 aliphatic rings. The Hall–Kier alpha value is 0.310.